The molecule has 1 aliphatic heterocycles. The van der Waals surface area contributed by atoms with Gasteiger partial charge in [-0.25, -0.2) is 9.97 Å². The molecular formula is C17H18ClN5. The van der Waals surface area contributed by atoms with Gasteiger partial charge in [0.1, 0.15) is 11.5 Å². The number of halogens is 1. The quantitative estimate of drug-likeness (QED) is 0.725. The van der Waals surface area contributed by atoms with Gasteiger partial charge in [-0.3, -0.25) is 0 Å². The molecule has 1 fully saturated rings. The molecule has 23 heavy (non-hydrogen) atoms. The van der Waals surface area contributed by atoms with Crippen LogP contribution in [0.5, 0.6) is 0 Å². The average molecular weight is 328 g/mol. The monoisotopic (exact) mass is 327 g/mol. The van der Waals surface area contributed by atoms with Crippen LogP contribution in [0.2, 0.25) is 5.02 Å². The number of aryl methyl sites for hydroxylation is 1. The normalized spacial score (nSPS) is 15.4. The highest BCUT2D eigenvalue weighted by Crippen LogP contribution is 2.28. The minimum Gasteiger partial charge on any atom is -0.366 e. The third-order valence-corrected chi connectivity index (χ3v) is 4.59. The molecule has 5 nitrogen and oxygen atoms in total. The Hall–Kier alpha value is -2.27. The second-order valence-corrected chi connectivity index (χ2v) is 6.24. The summed E-state index contributed by atoms with van der Waals surface area (Å²) < 4.78 is 2.10. The molecule has 3 aromatic rings. The standard InChI is InChI=1S/C17H18ClN5/c1-21-12-15(14-3-2-6-19-17(14)21)22-7-9-23(10-8-22)16-5-4-13(18)11-20-16/h2-6,11-12H,7-10H2,1H3. The van der Waals surface area contributed by atoms with Crippen LogP contribution in [0, 0.1) is 0 Å². The first-order valence-electron chi connectivity index (χ1n) is 7.74. The van der Waals surface area contributed by atoms with E-state index in [1.54, 1.807) is 6.20 Å². The highest BCUT2D eigenvalue weighted by Gasteiger charge is 2.21. The molecule has 0 N–H and O–H groups in total. The zero-order chi connectivity index (χ0) is 15.8. The van der Waals surface area contributed by atoms with Gasteiger partial charge in [0.25, 0.3) is 0 Å². The number of pyridine rings is 2. The third kappa shape index (κ3) is 2.61. The topological polar surface area (TPSA) is 37.2 Å². The lowest BCUT2D eigenvalue weighted by atomic mass is 10.2. The van der Waals surface area contributed by atoms with E-state index in [2.05, 4.69) is 36.6 Å². The molecule has 1 saturated heterocycles. The maximum atomic E-state index is 5.91. The van der Waals surface area contributed by atoms with Crippen molar-refractivity contribution in [1.29, 1.82) is 0 Å². The third-order valence-electron chi connectivity index (χ3n) is 4.37. The summed E-state index contributed by atoms with van der Waals surface area (Å²) in [5.74, 6) is 0.994. The fourth-order valence-corrected chi connectivity index (χ4v) is 3.29. The van der Waals surface area contributed by atoms with Crippen molar-refractivity contribution < 1.29 is 0 Å². The maximum Gasteiger partial charge on any atom is 0.141 e. The summed E-state index contributed by atoms with van der Waals surface area (Å²) in [6, 6.07) is 8.02. The summed E-state index contributed by atoms with van der Waals surface area (Å²) in [6.45, 7) is 3.84. The Morgan fingerprint density at radius 1 is 1.00 bits per heavy atom. The second kappa shape index (κ2) is 5.74. The average Bonchev–Trinajstić information content (AvgIpc) is 2.93. The molecule has 118 valence electrons. The van der Waals surface area contributed by atoms with Gasteiger partial charge < -0.3 is 14.4 Å². The van der Waals surface area contributed by atoms with Crippen molar-refractivity contribution in [2.45, 2.75) is 0 Å². The van der Waals surface area contributed by atoms with Crippen molar-refractivity contribution in [2.24, 2.45) is 7.05 Å². The molecular weight excluding hydrogens is 310 g/mol. The van der Waals surface area contributed by atoms with Gasteiger partial charge in [0.05, 0.1) is 10.7 Å². The van der Waals surface area contributed by atoms with E-state index in [-0.39, 0.29) is 0 Å². The van der Waals surface area contributed by atoms with Crippen LogP contribution in [-0.2, 0) is 7.05 Å². The van der Waals surface area contributed by atoms with Crippen molar-refractivity contribution >= 4 is 34.1 Å². The molecule has 0 spiro atoms. The summed E-state index contributed by atoms with van der Waals surface area (Å²) in [6.07, 6.45) is 5.73. The number of rotatable bonds is 2. The Kier molecular flexibility index (Phi) is 3.58. The molecule has 0 bridgehead atoms. The molecule has 3 aromatic heterocycles. The van der Waals surface area contributed by atoms with Gasteiger partial charge in [0.2, 0.25) is 0 Å². The number of piperazine rings is 1. The zero-order valence-electron chi connectivity index (χ0n) is 13.0. The van der Waals surface area contributed by atoms with E-state index in [0.717, 1.165) is 37.6 Å². The van der Waals surface area contributed by atoms with Gasteiger partial charge in [-0.15, -0.1) is 0 Å². The van der Waals surface area contributed by atoms with Gasteiger partial charge in [0.15, 0.2) is 0 Å². The van der Waals surface area contributed by atoms with Gasteiger partial charge in [-0.2, -0.15) is 0 Å². The maximum absolute atomic E-state index is 5.91. The number of aromatic nitrogens is 3. The summed E-state index contributed by atoms with van der Waals surface area (Å²) in [4.78, 5) is 13.6. The predicted octanol–water partition coefficient (Wildman–Crippen LogP) is 2.95. The Bertz CT molecular complexity index is 819. The van der Waals surface area contributed by atoms with Crippen molar-refractivity contribution in [2.75, 3.05) is 36.0 Å². The number of hydrogen-bond acceptors (Lipinski definition) is 4. The van der Waals surface area contributed by atoms with E-state index >= 15 is 0 Å². The zero-order valence-corrected chi connectivity index (χ0v) is 13.7. The predicted molar refractivity (Wildman–Crippen MR) is 94.4 cm³/mol. The number of anilines is 2. The van der Waals surface area contributed by atoms with Gasteiger partial charge in [0, 0.05) is 57.2 Å². The Labute approximate surface area is 140 Å². The number of hydrogen-bond donors (Lipinski definition) is 0. The van der Waals surface area contributed by atoms with E-state index in [9.17, 15) is 0 Å². The van der Waals surface area contributed by atoms with Gasteiger partial charge in [-0.05, 0) is 24.3 Å². The first kappa shape index (κ1) is 14.3. The first-order chi connectivity index (χ1) is 11.2. The van der Waals surface area contributed by atoms with Crippen molar-refractivity contribution in [1.82, 2.24) is 14.5 Å². The van der Waals surface area contributed by atoms with Crippen LogP contribution < -0.4 is 9.80 Å². The molecule has 0 unspecified atom stereocenters. The first-order valence-corrected chi connectivity index (χ1v) is 8.12. The Morgan fingerprint density at radius 2 is 1.78 bits per heavy atom. The number of nitrogens with zero attached hydrogens (tertiary/aromatic N) is 5. The summed E-state index contributed by atoms with van der Waals surface area (Å²) >= 11 is 5.91. The SMILES string of the molecule is Cn1cc(N2CCN(c3ccc(Cl)cn3)CC2)c2cccnc21. The van der Waals surface area contributed by atoms with Crippen molar-refractivity contribution in [3.05, 3.63) is 47.9 Å². The minimum absolute atomic E-state index is 0.677. The number of fused-ring (bicyclic) bond motifs is 1. The molecule has 6 heteroatoms. The molecule has 0 amide bonds. The fourth-order valence-electron chi connectivity index (χ4n) is 3.18. The van der Waals surface area contributed by atoms with E-state index < -0.39 is 0 Å². The van der Waals surface area contributed by atoms with Crippen LogP contribution in [0.15, 0.2) is 42.9 Å². The molecule has 0 saturated carbocycles. The van der Waals surface area contributed by atoms with Crippen LogP contribution in [0.3, 0.4) is 0 Å². The van der Waals surface area contributed by atoms with E-state index in [0.29, 0.717) is 5.02 Å². The van der Waals surface area contributed by atoms with Crippen LogP contribution in [0.1, 0.15) is 0 Å². The lowest BCUT2D eigenvalue weighted by Crippen LogP contribution is -2.46. The lowest BCUT2D eigenvalue weighted by Gasteiger charge is -2.36. The molecule has 0 atom stereocenters. The van der Waals surface area contributed by atoms with Crippen molar-refractivity contribution in [3.8, 4) is 0 Å². The van der Waals surface area contributed by atoms with Crippen LogP contribution in [0.4, 0.5) is 11.5 Å². The fraction of sp³-hybridized carbons (Fsp3) is 0.294. The Morgan fingerprint density at radius 3 is 2.52 bits per heavy atom. The highest BCUT2D eigenvalue weighted by atomic mass is 35.5. The molecule has 1 aliphatic rings. The smallest absolute Gasteiger partial charge is 0.141 e. The molecule has 0 radical (unpaired) electrons. The summed E-state index contributed by atoms with van der Waals surface area (Å²) in [5, 5.41) is 1.89. The van der Waals surface area contributed by atoms with Crippen LogP contribution >= 0.6 is 11.6 Å². The second-order valence-electron chi connectivity index (χ2n) is 5.81. The molecule has 4 heterocycles. The lowest BCUT2D eigenvalue weighted by molar-refractivity contribution is 0.648. The van der Waals surface area contributed by atoms with E-state index in [4.69, 9.17) is 11.6 Å². The van der Waals surface area contributed by atoms with E-state index in [1.807, 2.05) is 31.4 Å². The largest absolute Gasteiger partial charge is 0.366 e. The van der Waals surface area contributed by atoms with Crippen LogP contribution in [0.25, 0.3) is 11.0 Å². The molecule has 4 rings (SSSR count). The van der Waals surface area contributed by atoms with E-state index in [1.165, 1.54) is 11.1 Å². The van der Waals surface area contributed by atoms with Crippen molar-refractivity contribution in [3.63, 3.8) is 0 Å². The van der Waals surface area contributed by atoms with Crippen LogP contribution in [-0.4, -0.2) is 40.7 Å². The summed E-state index contributed by atoms with van der Waals surface area (Å²) in [7, 11) is 2.05. The highest BCUT2D eigenvalue weighted by molar-refractivity contribution is 6.30. The summed E-state index contributed by atoms with van der Waals surface area (Å²) in [5.41, 5.74) is 2.30. The Balaban J connectivity index is 1.54. The van der Waals surface area contributed by atoms with Gasteiger partial charge >= 0.3 is 0 Å². The minimum atomic E-state index is 0.677. The van der Waals surface area contributed by atoms with Gasteiger partial charge in [-0.1, -0.05) is 11.6 Å². The molecule has 0 aromatic carbocycles. The molecule has 0 aliphatic carbocycles.